The zero-order valence-corrected chi connectivity index (χ0v) is 17.2. The van der Waals surface area contributed by atoms with Crippen LogP contribution in [-0.4, -0.2) is 44.7 Å². The number of ketones is 1. The summed E-state index contributed by atoms with van der Waals surface area (Å²) in [6.07, 6.45) is 0. The Hall–Kier alpha value is -3.46. The number of carbonyl (C=O) groups excluding carboxylic acids is 2. The van der Waals surface area contributed by atoms with Crippen LogP contribution in [0.15, 0.2) is 41.8 Å². The normalized spacial score (nSPS) is 10.4. The second-order valence-corrected chi connectivity index (χ2v) is 6.81. The van der Waals surface area contributed by atoms with E-state index in [1.807, 2.05) is 0 Å². The molecule has 30 heavy (non-hydrogen) atoms. The molecular weight excluding hydrogens is 413 g/mol. The highest BCUT2D eigenvalue weighted by molar-refractivity contribution is 7.13. The number of rotatable bonds is 8. The highest BCUT2D eigenvalue weighted by Crippen LogP contribution is 2.33. The first-order valence-corrected chi connectivity index (χ1v) is 9.56. The fourth-order valence-corrected chi connectivity index (χ4v) is 3.38. The summed E-state index contributed by atoms with van der Waals surface area (Å²) in [7, 11) is 4.39. The molecule has 0 unspecified atom stereocenters. The molecule has 0 aliphatic rings. The van der Waals surface area contributed by atoms with Crippen molar-refractivity contribution in [2.75, 3.05) is 27.9 Å². The van der Waals surface area contributed by atoms with Crippen molar-refractivity contribution in [3.63, 3.8) is 0 Å². The number of ether oxygens (including phenoxy) is 4. The average molecular weight is 431 g/mol. The molecule has 0 saturated carbocycles. The number of hydrogen-bond donors (Lipinski definition) is 0. The van der Waals surface area contributed by atoms with Gasteiger partial charge in [-0.1, -0.05) is 0 Å². The summed E-state index contributed by atoms with van der Waals surface area (Å²) in [5, 5.41) is 2.11. The lowest BCUT2D eigenvalue weighted by molar-refractivity contribution is 0.0469. The van der Waals surface area contributed by atoms with Crippen LogP contribution in [0, 0.1) is 5.82 Å². The van der Waals surface area contributed by atoms with Crippen LogP contribution in [0.4, 0.5) is 4.39 Å². The summed E-state index contributed by atoms with van der Waals surface area (Å²) in [6.45, 7) is -0.534. The van der Waals surface area contributed by atoms with Gasteiger partial charge < -0.3 is 18.9 Å². The SMILES string of the molecule is COc1ccc(C(=O)COC(=O)c2csc(-c3ccc(OC)c(OC)c3)n2)cc1F. The van der Waals surface area contributed by atoms with Gasteiger partial charge in [0, 0.05) is 16.5 Å². The molecule has 0 aliphatic carbocycles. The number of esters is 1. The minimum Gasteiger partial charge on any atom is -0.494 e. The van der Waals surface area contributed by atoms with E-state index in [-0.39, 0.29) is 17.0 Å². The summed E-state index contributed by atoms with van der Waals surface area (Å²) < 4.78 is 34.0. The van der Waals surface area contributed by atoms with Gasteiger partial charge in [0.05, 0.1) is 21.3 Å². The first-order valence-electron chi connectivity index (χ1n) is 8.68. The van der Waals surface area contributed by atoms with Gasteiger partial charge in [-0.2, -0.15) is 0 Å². The largest absolute Gasteiger partial charge is 0.494 e. The number of benzene rings is 2. The van der Waals surface area contributed by atoms with Crippen molar-refractivity contribution in [3.8, 4) is 27.8 Å². The van der Waals surface area contributed by atoms with E-state index in [4.69, 9.17) is 18.9 Å². The molecule has 0 fully saturated rings. The molecule has 9 heteroatoms. The zero-order valence-electron chi connectivity index (χ0n) is 16.4. The molecule has 0 spiro atoms. The third kappa shape index (κ3) is 4.57. The minimum atomic E-state index is -0.750. The van der Waals surface area contributed by atoms with Crippen LogP contribution < -0.4 is 14.2 Å². The number of methoxy groups -OCH3 is 3. The molecule has 3 aromatic rings. The lowest BCUT2D eigenvalue weighted by Gasteiger charge is -2.08. The fraction of sp³-hybridized carbons (Fsp3) is 0.190. The van der Waals surface area contributed by atoms with E-state index >= 15 is 0 Å². The lowest BCUT2D eigenvalue weighted by atomic mass is 10.1. The quantitative estimate of drug-likeness (QED) is 0.393. The zero-order chi connectivity index (χ0) is 21.7. The standard InChI is InChI=1S/C21H18FNO6S/c1-26-17-6-4-12(8-14(17)22)16(24)10-29-21(25)15-11-30-20(23-15)13-5-7-18(27-2)19(9-13)28-3/h4-9,11H,10H2,1-3H3. The minimum absolute atomic E-state index is 0.0220. The number of halogens is 1. The fourth-order valence-electron chi connectivity index (χ4n) is 2.60. The highest BCUT2D eigenvalue weighted by atomic mass is 32.1. The molecule has 1 heterocycles. The van der Waals surface area contributed by atoms with Gasteiger partial charge in [-0.05, 0) is 36.4 Å². The maximum Gasteiger partial charge on any atom is 0.358 e. The summed E-state index contributed by atoms with van der Waals surface area (Å²) in [4.78, 5) is 28.7. The van der Waals surface area contributed by atoms with Crippen LogP contribution in [0.2, 0.25) is 0 Å². The molecular formula is C21H18FNO6S. The third-order valence-electron chi connectivity index (χ3n) is 4.15. The summed E-state index contributed by atoms with van der Waals surface area (Å²) >= 11 is 1.24. The van der Waals surface area contributed by atoms with E-state index in [0.29, 0.717) is 16.5 Å². The Morgan fingerprint density at radius 2 is 1.67 bits per heavy atom. The number of aromatic nitrogens is 1. The van der Waals surface area contributed by atoms with Crippen molar-refractivity contribution in [1.29, 1.82) is 0 Å². The number of thiazole rings is 1. The molecule has 0 radical (unpaired) electrons. The second-order valence-electron chi connectivity index (χ2n) is 5.96. The van der Waals surface area contributed by atoms with Crippen LogP contribution in [0.25, 0.3) is 10.6 Å². The molecule has 0 N–H and O–H groups in total. The average Bonchev–Trinajstić information content (AvgIpc) is 3.27. The monoisotopic (exact) mass is 431 g/mol. The van der Waals surface area contributed by atoms with Gasteiger partial charge in [-0.25, -0.2) is 14.2 Å². The second kappa shape index (κ2) is 9.36. The van der Waals surface area contributed by atoms with Gasteiger partial charge in [0.2, 0.25) is 0 Å². The smallest absolute Gasteiger partial charge is 0.358 e. The molecule has 1 aromatic heterocycles. The van der Waals surface area contributed by atoms with E-state index in [0.717, 1.165) is 11.6 Å². The number of nitrogens with zero attached hydrogens (tertiary/aromatic N) is 1. The van der Waals surface area contributed by atoms with Crippen molar-refractivity contribution in [1.82, 2.24) is 4.98 Å². The van der Waals surface area contributed by atoms with Gasteiger partial charge >= 0.3 is 5.97 Å². The first kappa shape index (κ1) is 21.3. The van der Waals surface area contributed by atoms with Gasteiger partial charge in [-0.3, -0.25) is 4.79 Å². The molecule has 0 saturated heterocycles. The Morgan fingerprint density at radius 1 is 0.967 bits per heavy atom. The van der Waals surface area contributed by atoms with Crippen LogP contribution in [0.3, 0.4) is 0 Å². The summed E-state index contributed by atoms with van der Waals surface area (Å²) in [6, 6.07) is 9.04. The van der Waals surface area contributed by atoms with Gasteiger partial charge in [-0.15, -0.1) is 11.3 Å². The Bertz CT molecular complexity index is 1080. The first-order chi connectivity index (χ1) is 14.5. The summed E-state index contributed by atoms with van der Waals surface area (Å²) in [5.41, 5.74) is 0.880. The molecule has 0 amide bonds. The van der Waals surface area contributed by atoms with Gasteiger partial charge in [0.25, 0.3) is 0 Å². The number of hydrogen-bond acceptors (Lipinski definition) is 8. The van der Waals surface area contributed by atoms with E-state index < -0.39 is 24.2 Å². The molecule has 0 bridgehead atoms. The van der Waals surface area contributed by atoms with Crippen molar-refractivity contribution in [2.45, 2.75) is 0 Å². The predicted octanol–water partition coefficient (Wildman–Crippen LogP) is 4.01. The lowest BCUT2D eigenvalue weighted by Crippen LogP contribution is -2.14. The Kier molecular flexibility index (Phi) is 6.63. The van der Waals surface area contributed by atoms with Gasteiger partial charge in [0.15, 0.2) is 41.1 Å². The van der Waals surface area contributed by atoms with Crippen molar-refractivity contribution in [3.05, 3.63) is 58.9 Å². The molecule has 156 valence electrons. The van der Waals surface area contributed by atoms with Crippen LogP contribution >= 0.6 is 11.3 Å². The van der Waals surface area contributed by atoms with E-state index in [1.165, 1.54) is 50.2 Å². The van der Waals surface area contributed by atoms with Crippen LogP contribution in [0.5, 0.6) is 17.2 Å². The number of carbonyl (C=O) groups is 2. The number of Topliss-reactive ketones (excluding diaryl/α,β-unsaturated/α-hetero) is 1. The Labute approximate surface area is 176 Å². The Morgan fingerprint density at radius 3 is 2.33 bits per heavy atom. The van der Waals surface area contributed by atoms with Crippen molar-refractivity contribution >= 4 is 23.1 Å². The van der Waals surface area contributed by atoms with Crippen LogP contribution in [0.1, 0.15) is 20.8 Å². The molecule has 0 atom stereocenters. The topological polar surface area (TPSA) is 84.0 Å². The summed E-state index contributed by atoms with van der Waals surface area (Å²) in [5.74, 6) is -0.833. The third-order valence-corrected chi connectivity index (χ3v) is 5.04. The van der Waals surface area contributed by atoms with E-state index in [9.17, 15) is 14.0 Å². The molecule has 0 aliphatic heterocycles. The van der Waals surface area contributed by atoms with E-state index in [1.54, 1.807) is 18.2 Å². The van der Waals surface area contributed by atoms with Crippen molar-refractivity contribution < 1.29 is 32.9 Å². The predicted molar refractivity (Wildman–Crippen MR) is 108 cm³/mol. The Balaban J connectivity index is 1.67. The molecule has 7 nitrogen and oxygen atoms in total. The maximum absolute atomic E-state index is 13.7. The molecule has 2 aromatic carbocycles. The van der Waals surface area contributed by atoms with Gasteiger partial charge in [0.1, 0.15) is 5.01 Å². The van der Waals surface area contributed by atoms with E-state index in [2.05, 4.69) is 4.98 Å². The maximum atomic E-state index is 13.7. The highest BCUT2D eigenvalue weighted by Gasteiger charge is 2.17. The molecule has 3 rings (SSSR count). The van der Waals surface area contributed by atoms with Crippen LogP contribution in [-0.2, 0) is 4.74 Å². The van der Waals surface area contributed by atoms with Crippen molar-refractivity contribution in [2.24, 2.45) is 0 Å².